The Labute approximate surface area is 234 Å². The number of aliphatic imine (C=N–C) groups is 1. The highest BCUT2D eigenvalue weighted by Gasteiger charge is 2.52. The minimum atomic E-state index is -1.36. The molecule has 2 aliphatic carbocycles. The van der Waals surface area contributed by atoms with Crippen LogP contribution in [-0.2, 0) is 18.9 Å². The van der Waals surface area contributed by atoms with Crippen molar-refractivity contribution in [2.45, 2.75) is 117 Å². The Morgan fingerprint density at radius 3 is 2.40 bits per heavy atom. The number of nitrogens with zero attached hydrogens (tertiary/aromatic N) is 1. The number of ether oxygens (including phenoxy) is 4. The lowest BCUT2D eigenvalue weighted by molar-refractivity contribution is -0.306. The molecule has 12 atom stereocenters. The van der Waals surface area contributed by atoms with Gasteiger partial charge in [0.25, 0.3) is 0 Å². The lowest BCUT2D eigenvalue weighted by Gasteiger charge is -2.48. The number of likely N-dealkylation sites (N-methyl/N-ethyl adjacent to an activating group) is 1. The first kappa shape index (κ1) is 31.9. The Kier molecular flexibility index (Phi) is 10.4. The van der Waals surface area contributed by atoms with Crippen LogP contribution in [0.2, 0.25) is 0 Å². The molecule has 0 amide bonds. The zero-order valence-electron chi connectivity index (χ0n) is 23.3. The van der Waals surface area contributed by atoms with Gasteiger partial charge in [0.05, 0.1) is 37.4 Å². The van der Waals surface area contributed by atoms with E-state index in [4.69, 9.17) is 41.3 Å². The lowest BCUT2D eigenvalue weighted by Crippen LogP contribution is -2.67. The summed E-state index contributed by atoms with van der Waals surface area (Å²) >= 11 is 0. The van der Waals surface area contributed by atoms with Crippen molar-refractivity contribution in [2.75, 3.05) is 33.4 Å². The van der Waals surface area contributed by atoms with Crippen molar-refractivity contribution < 1.29 is 44.5 Å². The lowest BCUT2D eigenvalue weighted by atomic mass is 9.83. The Hall–Kier alpha value is -1.05. The summed E-state index contributed by atoms with van der Waals surface area (Å²) < 4.78 is 24.1. The number of aliphatic hydroxyl groups excluding tert-OH is 3. The van der Waals surface area contributed by atoms with Crippen LogP contribution in [0.5, 0.6) is 0 Å². The van der Waals surface area contributed by atoms with Crippen molar-refractivity contribution in [3.8, 4) is 0 Å². The maximum atomic E-state index is 11.6. The minimum absolute atomic E-state index is 0.00819. The maximum absolute atomic E-state index is 11.6. The fraction of sp³-hybridized carbons (Fsp3) is 0.960. The van der Waals surface area contributed by atoms with Gasteiger partial charge >= 0.3 is 0 Å². The molecule has 0 aromatic heterocycles. The molecule has 15 heteroatoms. The van der Waals surface area contributed by atoms with E-state index in [0.29, 0.717) is 38.8 Å². The average molecular weight is 577 g/mol. The van der Waals surface area contributed by atoms with Gasteiger partial charge in [-0.3, -0.25) is 4.99 Å². The van der Waals surface area contributed by atoms with Gasteiger partial charge in [-0.1, -0.05) is 0 Å². The molecule has 40 heavy (non-hydrogen) atoms. The SMILES string of the molecule is CN[C@@H]1C(O)[C@@H](OC2C(O)C(O[C@H]3O[C@H](CNCCO)CCC3N)[C@@H](N)C[C@H]2N=C(N)C2(O)CC2)OCC1(C)O. The molecule has 0 bridgehead atoms. The first-order valence-corrected chi connectivity index (χ1v) is 14.1. The van der Waals surface area contributed by atoms with Crippen LogP contribution in [-0.4, -0.2) is 143 Å². The number of hydrogen-bond acceptors (Lipinski definition) is 14. The van der Waals surface area contributed by atoms with Crippen LogP contribution in [0.3, 0.4) is 0 Å². The normalized spacial score (nSPS) is 45.8. The summed E-state index contributed by atoms with van der Waals surface area (Å²) in [6.07, 6.45) is -4.48. The van der Waals surface area contributed by atoms with Gasteiger partial charge in [-0.25, -0.2) is 0 Å². The smallest absolute Gasteiger partial charge is 0.185 e. The second-order valence-electron chi connectivity index (χ2n) is 11.8. The van der Waals surface area contributed by atoms with E-state index in [-0.39, 0.29) is 31.6 Å². The molecule has 2 heterocycles. The molecule has 13 N–H and O–H groups in total. The predicted molar refractivity (Wildman–Crippen MR) is 143 cm³/mol. The molecule has 4 aliphatic rings. The van der Waals surface area contributed by atoms with Gasteiger partial charge in [-0.2, -0.15) is 0 Å². The Morgan fingerprint density at radius 1 is 1.05 bits per heavy atom. The second kappa shape index (κ2) is 13.1. The van der Waals surface area contributed by atoms with Gasteiger partial charge in [0, 0.05) is 19.1 Å². The van der Waals surface area contributed by atoms with E-state index in [1.165, 1.54) is 6.92 Å². The fourth-order valence-electron chi connectivity index (χ4n) is 5.74. The largest absolute Gasteiger partial charge is 0.395 e. The van der Waals surface area contributed by atoms with Gasteiger partial charge in [-0.15, -0.1) is 0 Å². The summed E-state index contributed by atoms with van der Waals surface area (Å²) in [5, 5.41) is 58.6. The number of nitrogens with two attached hydrogens (primary N) is 3. The molecule has 6 unspecified atom stereocenters. The zero-order valence-corrected chi connectivity index (χ0v) is 23.3. The highest BCUT2D eigenvalue weighted by atomic mass is 16.7. The van der Waals surface area contributed by atoms with Crippen LogP contribution in [0.4, 0.5) is 0 Å². The fourth-order valence-corrected chi connectivity index (χ4v) is 5.74. The Morgan fingerprint density at radius 2 is 1.75 bits per heavy atom. The maximum Gasteiger partial charge on any atom is 0.185 e. The summed E-state index contributed by atoms with van der Waals surface area (Å²) in [6, 6.07) is -2.72. The van der Waals surface area contributed by atoms with Gasteiger partial charge in [0.2, 0.25) is 0 Å². The van der Waals surface area contributed by atoms with Gasteiger partial charge in [-0.05, 0) is 46.1 Å². The van der Waals surface area contributed by atoms with Crippen LogP contribution >= 0.6 is 0 Å². The predicted octanol–water partition coefficient (Wildman–Crippen LogP) is -4.43. The zero-order chi connectivity index (χ0) is 29.2. The molecular weight excluding hydrogens is 528 g/mol. The topological polar surface area (TPSA) is 253 Å². The van der Waals surface area contributed by atoms with E-state index in [1.807, 2.05) is 0 Å². The number of aliphatic hydroxyl groups is 5. The molecule has 2 aliphatic heterocycles. The third-order valence-corrected chi connectivity index (χ3v) is 8.38. The molecule has 0 aromatic rings. The van der Waals surface area contributed by atoms with Gasteiger partial charge in [0.15, 0.2) is 12.6 Å². The third kappa shape index (κ3) is 7.11. The van der Waals surface area contributed by atoms with Crippen molar-refractivity contribution >= 4 is 5.84 Å². The van der Waals surface area contributed by atoms with E-state index in [1.54, 1.807) is 7.05 Å². The first-order valence-electron chi connectivity index (χ1n) is 14.1. The minimum Gasteiger partial charge on any atom is -0.395 e. The number of nitrogens with one attached hydrogen (secondary N) is 2. The summed E-state index contributed by atoms with van der Waals surface area (Å²) in [7, 11) is 1.60. The molecule has 0 radical (unpaired) electrons. The number of hydrogen-bond donors (Lipinski definition) is 10. The van der Waals surface area contributed by atoms with E-state index in [0.717, 1.165) is 0 Å². The summed E-state index contributed by atoms with van der Waals surface area (Å²) in [5.74, 6) is 0.0295. The molecule has 2 saturated heterocycles. The van der Waals surface area contributed by atoms with Crippen molar-refractivity contribution in [3.05, 3.63) is 0 Å². The van der Waals surface area contributed by atoms with Crippen LogP contribution in [0.25, 0.3) is 0 Å². The summed E-state index contributed by atoms with van der Waals surface area (Å²) in [5.41, 5.74) is 16.3. The van der Waals surface area contributed by atoms with Crippen LogP contribution in [0, 0.1) is 0 Å². The van der Waals surface area contributed by atoms with Crippen molar-refractivity contribution in [3.63, 3.8) is 0 Å². The first-order chi connectivity index (χ1) is 18.9. The molecule has 0 aromatic carbocycles. The Bertz CT molecular complexity index is 865. The molecule has 0 spiro atoms. The van der Waals surface area contributed by atoms with E-state index >= 15 is 0 Å². The van der Waals surface area contributed by atoms with Gasteiger partial charge in [0.1, 0.15) is 41.5 Å². The number of amidine groups is 1. The molecule has 4 rings (SSSR count). The summed E-state index contributed by atoms with van der Waals surface area (Å²) in [4.78, 5) is 4.50. The van der Waals surface area contributed by atoms with Crippen LogP contribution in [0.1, 0.15) is 39.0 Å². The molecule has 4 fully saturated rings. The summed E-state index contributed by atoms with van der Waals surface area (Å²) in [6.45, 7) is 2.35. The van der Waals surface area contributed by atoms with E-state index in [2.05, 4.69) is 15.6 Å². The van der Waals surface area contributed by atoms with E-state index < -0.39 is 72.4 Å². The number of rotatable bonds is 11. The van der Waals surface area contributed by atoms with E-state index in [9.17, 15) is 20.4 Å². The monoisotopic (exact) mass is 576 g/mol. The van der Waals surface area contributed by atoms with Crippen LogP contribution in [0.15, 0.2) is 4.99 Å². The third-order valence-electron chi connectivity index (χ3n) is 8.38. The average Bonchev–Trinajstić information content (AvgIpc) is 3.65. The van der Waals surface area contributed by atoms with Gasteiger partial charge < -0.3 is 72.3 Å². The molecule has 2 saturated carbocycles. The molecule has 15 nitrogen and oxygen atoms in total. The van der Waals surface area contributed by atoms with Crippen LogP contribution < -0.4 is 27.8 Å². The Balaban J connectivity index is 1.52. The van der Waals surface area contributed by atoms with Crippen molar-refractivity contribution in [1.82, 2.24) is 10.6 Å². The standard InChI is InChI=1S/C25H48N6O9/c1-24(35)11-37-22(17(34)20(24)29-2)40-19-15(31-23(28)25(36)5-6-25)9-14(27)18(16(19)33)39-21-13(26)4-3-12(38-21)10-30-7-8-32/h12-22,29-30,32-36H,3-11,26-27H2,1-2H3,(H2,28,31)/t12-,13?,14-,15+,16?,17?,18?,19?,20+,21+,22+,24?/m0/s1. The highest BCUT2D eigenvalue weighted by molar-refractivity contribution is 5.91. The second-order valence-corrected chi connectivity index (χ2v) is 11.8. The van der Waals surface area contributed by atoms with Crippen molar-refractivity contribution in [2.24, 2.45) is 22.2 Å². The quantitative estimate of drug-likeness (QED) is 0.0633. The molecule has 232 valence electrons. The van der Waals surface area contributed by atoms with Crippen molar-refractivity contribution in [1.29, 1.82) is 0 Å². The highest BCUT2D eigenvalue weighted by Crippen LogP contribution is 2.37. The molecular formula is C25H48N6O9.